The van der Waals surface area contributed by atoms with Crippen LogP contribution >= 0.6 is 11.3 Å². The molecule has 0 atom stereocenters. The minimum atomic E-state index is -0.205. The number of benzene rings is 2. The molecule has 0 aliphatic heterocycles. The zero-order valence-electron chi connectivity index (χ0n) is 13.7. The van der Waals surface area contributed by atoms with E-state index in [-0.39, 0.29) is 12.0 Å². The lowest BCUT2D eigenvalue weighted by molar-refractivity contribution is 0.102. The quantitative estimate of drug-likeness (QED) is 0.749. The molecule has 3 rings (SSSR count). The summed E-state index contributed by atoms with van der Waals surface area (Å²) in [7, 11) is 1.60. The van der Waals surface area contributed by atoms with Gasteiger partial charge in [0.1, 0.15) is 17.0 Å². The Kier molecular flexibility index (Phi) is 4.66. The van der Waals surface area contributed by atoms with Crippen LogP contribution in [0.25, 0.3) is 10.2 Å². The number of nitrogens with zero attached hydrogens (tertiary/aromatic N) is 1. The first-order valence-corrected chi connectivity index (χ1v) is 8.40. The summed E-state index contributed by atoms with van der Waals surface area (Å²) in [4.78, 5) is 16.8. The van der Waals surface area contributed by atoms with Crippen LogP contribution in [0.5, 0.6) is 11.5 Å². The molecule has 0 unspecified atom stereocenters. The van der Waals surface area contributed by atoms with Gasteiger partial charge in [0.05, 0.1) is 17.9 Å². The molecule has 1 amide bonds. The highest BCUT2D eigenvalue weighted by molar-refractivity contribution is 7.22. The summed E-state index contributed by atoms with van der Waals surface area (Å²) in [5.74, 6) is 1.23. The van der Waals surface area contributed by atoms with Crippen molar-refractivity contribution in [3.63, 3.8) is 0 Å². The fraction of sp³-hybridized carbons (Fsp3) is 0.222. The summed E-state index contributed by atoms with van der Waals surface area (Å²) >= 11 is 1.41. The van der Waals surface area contributed by atoms with Crippen LogP contribution in [-0.2, 0) is 0 Å². The van der Waals surface area contributed by atoms with E-state index in [9.17, 15) is 4.79 Å². The molecular formula is C18H18N2O3S. The minimum Gasteiger partial charge on any atom is -0.494 e. The smallest absolute Gasteiger partial charge is 0.257 e. The number of hydrogen-bond acceptors (Lipinski definition) is 5. The van der Waals surface area contributed by atoms with Crippen LogP contribution in [0.2, 0.25) is 0 Å². The average molecular weight is 342 g/mol. The van der Waals surface area contributed by atoms with E-state index in [1.807, 2.05) is 32.0 Å². The third-order valence-corrected chi connectivity index (χ3v) is 4.25. The van der Waals surface area contributed by atoms with E-state index >= 15 is 0 Å². The molecular weight excluding hydrogens is 324 g/mol. The molecule has 124 valence electrons. The Balaban J connectivity index is 1.77. The molecule has 1 heterocycles. The SMILES string of the molecule is COc1cccc2sc(NC(=O)c3ccc(OC(C)C)cc3)nc12. The van der Waals surface area contributed by atoms with E-state index in [4.69, 9.17) is 9.47 Å². The number of ether oxygens (including phenoxy) is 2. The van der Waals surface area contributed by atoms with E-state index in [1.54, 1.807) is 31.4 Å². The largest absolute Gasteiger partial charge is 0.494 e. The molecule has 3 aromatic rings. The summed E-state index contributed by atoms with van der Waals surface area (Å²) in [6, 6.07) is 12.7. The molecule has 24 heavy (non-hydrogen) atoms. The normalized spacial score (nSPS) is 10.8. The standard InChI is InChI=1S/C18H18N2O3S/c1-11(2)23-13-9-7-12(8-10-13)17(21)20-18-19-16-14(22-3)5-4-6-15(16)24-18/h4-11H,1-3H3,(H,19,20,21). The van der Waals surface area contributed by atoms with Crippen molar-refractivity contribution < 1.29 is 14.3 Å². The van der Waals surface area contributed by atoms with E-state index in [2.05, 4.69) is 10.3 Å². The number of fused-ring (bicyclic) bond motifs is 1. The van der Waals surface area contributed by atoms with Gasteiger partial charge in [0.25, 0.3) is 5.91 Å². The lowest BCUT2D eigenvalue weighted by atomic mass is 10.2. The van der Waals surface area contributed by atoms with Gasteiger partial charge in [-0.1, -0.05) is 17.4 Å². The van der Waals surface area contributed by atoms with Crippen LogP contribution in [0.4, 0.5) is 5.13 Å². The second-order valence-corrected chi connectivity index (χ2v) is 6.50. The highest BCUT2D eigenvalue weighted by atomic mass is 32.1. The predicted molar refractivity (Wildman–Crippen MR) is 96.3 cm³/mol. The van der Waals surface area contributed by atoms with Gasteiger partial charge in [-0.15, -0.1) is 0 Å². The molecule has 0 saturated carbocycles. The van der Waals surface area contributed by atoms with Crippen molar-refractivity contribution in [2.45, 2.75) is 20.0 Å². The molecule has 0 aliphatic carbocycles. The number of para-hydroxylation sites is 1. The molecule has 1 N–H and O–H groups in total. The highest BCUT2D eigenvalue weighted by Crippen LogP contribution is 2.32. The first-order chi connectivity index (χ1) is 11.6. The second kappa shape index (κ2) is 6.88. The number of nitrogens with one attached hydrogen (secondary N) is 1. The Bertz CT molecular complexity index is 856. The maximum Gasteiger partial charge on any atom is 0.257 e. The molecule has 0 radical (unpaired) electrons. The zero-order valence-corrected chi connectivity index (χ0v) is 14.5. The number of anilines is 1. The minimum absolute atomic E-state index is 0.0994. The van der Waals surface area contributed by atoms with Crippen LogP contribution in [0.1, 0.15) is 24.2 Å². The first-order valence-electron chi connectivity index (χ1n) is 7.58. The summed E-state index contributed by atoms with van der Waals surface area (Å²) in [5, 5.41) is 3.37. The Hall–Kier alpha value is -2.60. The molecule has 5 nitrogen and oxygen atoms in total. The number of aromatic nitrogens is 1. The maximum atomic E-state index is 12.4. The van der Waals surface area contributed by atoms with Crippen molar-refractivity contribution >= 4 is 32.6 Å². The van der Waals surface area contributed by atoms with Crippen LogP contribution in [0.3, 0.4) is 0 Å². The number of carbonyl (C=O) groups is 1. The fourth-order valence-corrected chi connectivity index (χ4v) is 3.15. The van der Waals surface area contributed by atoms with Gasteiger partial charge in [-0.05, 0) is 50.2 Å². The monoisotopic (exact) mass is 342 g/mol. The van der Waals surface area contributed by atoms with Crippen molar-refractivity contribution in [3.8, 4) is 11.5 Å². The number of thiazole rings is 1. The summed E-state index contributed by atoms with van der Waals surface area (Å²) in [5.41, 5.74) is 1.30. The van der Waals surface area contributed by atoms with Gasteiger partial charge in [0, 0.05) is 5.56 Å². The van der Waals surface area contributed by atoms with Crippen LogP contribution < -0.4 is 14.8 Å². The van der Waals surface area contributed by atoms with Crippen molar-refractivity contribution in [2.24, 2.45) is 0 Å². The number of carbonyl (C=O) groups excluding carboxylic acids is 1. The average Bonchev–Trinajstić information content (AvgIpc) is 2.97. The highest BCUT2D eigenvalue weighted by Gasteiger charge is 2.12. The van der Waals surface area contributed by atoms with Gasteiger partial charge in [-0.3, -0.25) is 10.1 Å². The summed E-state index contributed by atoms with van der Waals surface area (Å²) in [6.45, 7) is 3.92. The van der Waals surface area contributed by atoms with E-state index < -0.39 is 0 Å². The van der Waals surface area contributed by atoms with E-state index in [0.717, 1.165) is 16.0 Å². The number of amides is 1. The third kappa shape index (κ3) is 3.49. The first kappa shape index (κ1) is 16.3. The lowest BCUT2D eigenvalue weighted by Gasteiger charge is -2.09. The molecule has 6 heteroatoms. The van der Waals surface area contributed by atoms with Crippen molar-refractivity contribution in [3.05, 3.63) is 48.0 Å². The van der Waals surface area contributed by atoms with Gasteiger partial charge in [-0.25, -0.2) is 4.98 Å². The topological polar surface area (TPSA) is 60.5 Å². The van der Waals surface area contributed by atoms with Crippen LogP contribution in [-0.4, -0.2) is 24.1 Å². The van der Waals surface area contributed by atoms with Gasteiger partial charge in [-0.2, -0.15) is 0 Å². The van der Waals surface area contributed by atoms with E-state index in [0.29, 0.717) is 16.4 Å². The Morgan fingerprint density at radius 3 is 2.58 bits per heavy atom. The Morgan fingerprint density at radius 2 is 1.92 bits per heavy atom. The molecule has 2 aromatic carbocycles. The van der Waals surface area contributed by atoms with Gasteiger partial charge in [0.15, 0.2) is 5.13 Å². The van der Waals surface area contributed by atoms with Crippen LogP contribution in [0.15, 0.2) is 42.5 Å². The van der Waals surface area contributed by atoms with E-state index in [1.165, 1.54) is 11.3 Å². The molecule has 0 saturated heterocycles. The van der Waals surface area contributed by atoms with Crippen molar-refractivity contribution in [2.75, 3.05) is 12.4 Å². The van der Waals surface area contributed by atoms with Crippen molar-refractivity contribution in [1.82, 2.24) is 4.98 Å². The lowest BCUT2D eigenvalue weighted by Crippen LogP contribution is -2.12. The summed E-state index contributed by atoms with van der Waals surface area (Å²) in [6.07, 6.45) is 0.0994. The van der Waals surface area contributed by atoms with Gasteiger partial charge in [0.2, 0.25) is 0 Å². The van der Waals surface area contributed by atoms with Gasteiger partial charge < -0.3 is 9.47 Å². The number of rotatable bonds is 5. The van der Waals surface area contributed by atoms with Crippen LogP contribution in [0, 0.1) is 0 Å². The molecule has 0 aliphatic rings. The van der Waals surface area contributed by atoms with Gasteiger partial charge >= 0.3 is 0 Å². The molecule has 0 bridgehead atoms. The summed E-state index contributed by atoms with van der Waals surface area (Å²) < 4.78 is 11.8. The predicted octanol–water partition coefficient (Wildman–Crippen LogP) is 4.34. The number of hydrogen-bond donors (Lipinski definition) is 1. The molecule has 0 fully saturated rings. The third-order valence-electron chi connectivity index (χ3n) is 3.31. The number of methoxy groups -OCH3 is 1. The zero-order chi connectivity index (χ0) is 17.1. The fourth-order valence-electron chi connectivity index (χ4n) is 2.27. The Labute approximate surface area is 144 Å². The molecule has 0 spiro atoms. The molecule has 1 aromatic heterocycles. The second-order valence-electron chi connectivity index (χ2n) is 5.47. The van der Waals surface area contributed by atoms with Crippen molar-refractivity contribution in [1.29, 1.82) is 0 Å². The Morgan fingerprint density at radius 1 is 1.17 bits per heavy atom. The maximum absolute atomic E-state index is 12.4.